The van der Waals surface area contributed by atoms with E-state index in [1.807, 2.05) is 25.7 Å². The number of amides is 1. The molecule has 158 valence electrons. The number of carbonyl (C=O) groups excluding carboxylic acids is 1. The van der Waals surface area contributed by atoms with Gasteiger partial charge >= 0.3 is 5.13 Å². The lowest BCUT2D eigenvalue weighted by Gasteiger charge is -2.42. The average molecular weight is 437 g/mol. The molecule has 0 N–H and O–H groups in total. The zero-order valence-corrected chi connectivity index (χ0v) is 18.4. The normalized spacial score (nSPS) is 15.9. The fourth-order valence-corrected chi connectivity index (χ4v) is 4.61. The first-order chi connectivity index (χ1) is 14.8. The molecule has 1 amide bonds. The van der Waals surface area contributed by atoms with Gasteiger partial charge in [0.1, 0.15) is 22.4 Å². The van der Waals surface area contributed by atoms with E-state index in [9.17, 15) is 9.18 Å². The number of likely N-dealkylation sites (N-methyl/N-ethyl adjacent to an activating group) is 1. The first kappa shape index (κ1) is 20.9. The van der Waals surface area contributed by atoms with Crippen molar-refractivity contribution in [2.45, 2.75) is 39.3 Å². The first-order valence-corrected chi connectivity index (χ1v) is 10.7. The zero-order chi connectivity index (χ0) is 22.3. The van der Waals surface area contributed by atoms with Crippen LogP contribution in [0, 0.1) is 12.4 Å². The number of nitrogens with zero attached hydrogens (tertiary/aromatic N) is 6. The maximum atomic E-state index is 13.4. The number of rotatable bonds is 4. The molecule has 0 saturated carbocycles. The Morgan fingerprint density at radius 3 is 2.58 bits per heavy atom. The number of hydrogen-bond acceptors (Lipinski definition) is 6. The lowest BCUT2D eigenvalue weighted by molar-refractivity contribution is -0.120. The van der Waals surface area contributed by atoms with Gasteiger partial charge in [-0.05, 0) is 44.5 Å². The van der Waals surface area contributed by atoms with E-state index in [2.05, 4.69) is 14.8 Å². The number of benzene rings is 1. The zero-order valence-electron chi connectivity index (χ0n) is 17.6. The molecular formula is C22H21FN6OS. The van der Waals surface area contributed by atoms with Gasteiger partial charge < -0.3 is 14.6 Å². The third kappa shape index (κ3) is 3.53. The summed E-state index contributed by atoms with van der Waals surface area (Å²) in [6.45, 7) is 13.4. The van der Waals surface area contributed by atoms with Crippen molar-refractivity contribution < 1.29 is 9.18 Å². The van der Waals surface area contributed by atoms with Crippen LogP contribution in [0.15, 0.2) is 30.5 Å². The maximum Gasteiger partial charge on any atom is 0.330 e. The van der Waals surface area contributed by atoms with Gasteiger partial charge in [0.25, 0.3) is 0 Å². The van der Waals surface area contributed by atoms with Gasteiger partial charge in [-0.15, -0.1) is 16.3 Å². The predicted molar refractivity (Wildman–Crippen MR) is 120 cm³/mol. The highest BCUT2D eigenvalue weighted by Gasteiger charge is 2.38. The van der Waals surface area contributed by atoms with Gasteiger partial charge in [-0.1, -0.05) is 13.5 Å². The highest BCUT2D eigenvalue weighted by Crippen LogP contribution is 2.42. The van der Waals surface area contributed by atoms with E-state index < -0.39 is 0 Å². The van der Waals surface area contributed by atoms with Crippen molar-refractivity contribution in [3.8, 4) is 22.0 Å². The van der Waals surface area contributed by atoms with Crippen molar-refractivity contribution in [2.24, 2.45) is 0 Å². The van der Waals surface area contributed by atoms with E-state index in [1.165, 1.54) is 23.5 Å². The van der Waals surface area contributed by atoms with Crippen LogP contribution in [-0.4, -0.2) is 40.0 Å². The summed E-state index contributed by atoms with van der Waals surface area (Å²) in [7, 11) is 1.73. The summed E-state index contributed by atoms with van der Waals surface area (Å²) >= 11 is 1.20. The van der Waals surface area contributed by atoms with Crippen LogP contribution in [0.1, 0.15) is 27.2 Å². The van der Waals surface area contributed by atoms with Crippen molar-refractivity contribution in [2.75, 3.05) is 16.8 Å². The van der Waals surface area contributed by atoms with E-state index >= 15 is 0 Å². The maximum absolute atomic E-state index is 13.4. The van der Waals surface area contributed by atoms with Crippen molar-refractivity contribution in [3.05, 3.63) is 47.7 Å². The Balaban J connectivity index is 1.89. The topological polar surface area (TPSA) is 66.6 Å². The van der Waals surface area contributed by atoms with E-state index in [4.69, 9.17) is 11.6 Å². The first-order valence-electron chi connectivity index (χ1n) is 9.93. The molecule has 7 nitrogen and oxygen atoms in total. The minimum absolute atomic E-state index is 0.0140. The van der Waals surface area contributed by atoms with Crippen LogP contribution in [0.2, 0.25) is 0 Å². The number of thiazole rings is 1. The molecule has 1 aliphatic rings. The molecule has 0 spiro atoms. The second-order valence-corrected chi connectivity index (χ2v) is 8.50. The molecule has 0 fully saturated rings. The summed E-state index contributed by atoms with van der Waals surface area (Å²) < 4.78 is 13.4. The minimum Gasteiger partial charge on any atom is -0.351 e. The number of aromatic nitrogens is 3. The molecule has 31 heavy (non-hydrogen) atoms. The van der Waals surface area contributed by atoms with Crippen molar-refractivity contribution in [1.82, 2.24) is 15.0 Å². The van der Waals surface area contributed by atoms with Crippen LogP contribution in [0.3, 0.4) is 0 Å². The van der Waals surface area contributed by atoms with E-state index in [0.29, 0.717) is 39.9 Å². The number of halogens is 1. The van der Waals surface area contributed by atoms with Crippen molar-refractivity contribution >= 4 is 33.9 Å². The monoisotopic (exact) mass is 436 g/mol. The van der Waals surface area contributed by atoms with Gasteiger partial charge in [0.2, 0.25) is 5.91 Å². The van der Waals surface area contributed by atoms with E-state index in [0.717, 1.165) is 0 Å². The molecule has 0 aliphatic carbocycles. The fourth-order valence-electron chi connectivity index (χ4n) is 3.80. The van der Waals surface area contributed by atoms with Crippen LogP contribution in [0.5, 0.6) is 0 Å². The summed E-state index contributed by atoms with van der Waals surface area (Å²) in [4.78, 5) is 34.3. The molecule has 1 aromatic carbocycles. The Labute approximate surface area is 184 Å². The third-order valence-corrected chi connectivity index (χ3v) is 6.23. The summed E-state index contributed by atoms with van der Waals surface area (Å²) in [6.07, 6.45) is 2.30. The van der Waals surface area contributed by atoms with Crippen LogP contribution in [0.4, 0.5) is 21.0 Å². The highest BCUT2D eigenvalue weighted by atomic mass is 32.1. The van der Waals surface area contributed by atoms with Crippen LogP contribution in [0.25, 0.3) is 26.8 Å². The molecule has 0 radical (unpaired) electrons. The summed E-state index contributed by atoms with van der Waals surface area (Å²) in [5.41, 5.74) is 1.87. The summed E-state index contributed by atoms with van der Waals surface area (Å²) in [5.74, 6) is 0.771. The second-order valence-electron chi connectivity index (χ2n) is 7.52. The molecule has 0 unspecified atom stereocenters. The fraction of sp³-hybridized carbons (Fsp3) is 0.318. The Kier molecular flexibility index (Phi) is 5.41. The number of anilines is 2. The molecule has 9 heteroatoms. The highest BCUT2D eigenvalue weighted by molar-refractivity contribution is 7.19. The molecule has 2 aromatic heterocycles. The third-order valence-electron chi connectivity index (χ3n) is 5.28. The minimum atomic E-state index is -0.346. The lowest BCUT2D eigenvalue weighted by Crippen LogP contribution is -2.54. The smallest absolute Gasteiger partial charge is 0.330 e. The Hall–Kier alpha value is -3.38. The molecule has 3 heterocycles. The standard InChI is InChI=1S/C22H21FN6OS/c1-6-15-21(30)28(5)16-11-25-19(27-20(16)29(15)12(2)3)18-17(26-22(24-4)31-18)13-7-9-14(23)10-8-13/h7-12,15H,6H2,1-3,5H3/t15-/m1/s1. The number of carbonyl (C=O) groups is 1. The predicted octanol–water partition coefficient (Wildman–Crippen LogP) is 4.93. The van der Waals surface area contributed by atoms with Crippen LogP contribution < -0.4 is 9.80 Å². The molecular weight excluding hydrogens is 415 g/mol. The SMILES string of the molecule is [C-]#[N+]c1nc(-c2ccc(F)cc2)c(-c2ncc3c(n2)N(C(C)C)[C@H](CC)C(=O)N3C)s1. The summed E-state index contributed by atoms with van der Waals surface area (Å²) in [5, 5.41) is 0.259. The average Bonchev–Trinajstić information content (AvgIpc) is 3.20. The molecule has 4 rings (SSSR count). The quantitative estimate of drug-likeness (QED) is 0.543. The molecule has 0 bridgehead atoms. The van der Waals surface area contributed by atoms with Gasteiger partial charge in [-0.25, -0.2) is 14.4 Å². The summed E-state index contributed by atoms with van der Waals surface area (Å²) in [6, 6.07) is 5.71. The van der Waals surface area contributed by atoms with Crippen molar-refractivity contribution in [1.29, 1.82) is 0 Å². The Morgan fingerprint density at radius 2 is 1.97 bits per heavy atom. The van der Waals surface area contributed by atoms with Gasteiger partial charge in [0.05, 0.1) is 6.20 Å². The van der Waals surface area contributed by atoms with Gasteiger partial charge in [-0.3, -0.25) is 4.79 Å². The van der Waals surface area contributed by atoms with E-state index in [1.54, 1.807) is 30.3 Å². The Bertz CT molecular complexity index is 1180. The molecule has 1 aliphatic heterocycles. The largest absolute Gasteiger partial charge is 0.351 e. The van der Waals surface area contributed by atoms with Crippen LogP contribution in [-0.2, 0) is 4.79 Å². The molecule has 1 atom stereocenters. The number of hydrogen-bond donors (Lipinski definition) is 0. The van der Waals surface area contributed by atoms with Crippen molar-refractivity contribution in [3.63, 3.8) is 0 Å². The number of fused-ring (bicyclic) bond motifs is 1. The molecule has 3 aromatic rings. The Morgan fingerprint density at radius 1 is 1.26 bits per heavy atom. The van der Waals surface area contributed by atoms with E-state index in [-0.39, 0.29) is 28.9 Å². The lowest BCUT2D eigenvalue weighted by atomic mass is 10.1. The van der Waals surface area contributed by atoms with Gasteiger partial charge in [-0.2, -0.15) is 0 Å². The van der Waals surface area contributed by atoms with Gasteiger partial charge in [0, 0.05) is 18.7 Å². The molecule has 0 saturated heterocycles. The van der Waals surface area contributed by atoms with Gasteiger partial charge in [0.15, 0.2) is 17.3 Å². The second kappa shape index (κ2) is 8.04. The van der Waals surface area contributed by atoms with Crippen LogP contribution >= 0.6 is 11.3 Å².